The normalized spacial score (nSPS) is 15.1. The number of hydrogen-bond acceptors (Lipinski definition) is 7. The number of ether oxygens (including phenoxy) is 1. The summed E-state index contributed by atoms with van der Waals surface area (Å²) in [7, 11) is -5.21. The molecule has 8 nitrogen and oxygen atoms in total. The lowest BCUT2D eigenvalue weighted by molar-refractivity contribution is 0.142. The van der Waals surface area contributed by atoms with Crippen LogP contribution in [0.1, 0.15) is 28.2 Å². The van der Waals surface area contributed by atoms with Crippen molar-refractivity contribution in [3.8, 4) is 16.9 Å². The molecule has 1 saturated heterocycles. The molecule has 0 unspecified atom stereocenters. The zero-order valence-corrected chi connectivity index (χ0v) is 21.2. The molecule has 1 fully saturated rings. The quantitative estimate of drug-likeness (QED) is 0.450. The summed E-state index contributed by atoms with van der Waals surface area (Å²) in [6, 6.07) is 19.4. The number of hydrogen-bond donors (Lipinski definition) is 2. The molecule has 0 radical (unpaired) electrons. The van der Waals surface area contributed by atoms with Gasteiger partial charge in [0.2, 0.25) is 0 Å². The number of halogens is 1. The number of nitrogens with zero attached hydrogens (tertiary/aromatic N) is 1. The standard InChI is InChI=1S/C27H28FN3O5S/c1-18-25(31-12-10-29-11-13-31)14-19(15-26(18)36-37(28,33)34)16-30-27(32)35-17-24-22-8-4-2-6-20(22)21-7-3-5-9-23(21)24/h2-9,14-15,24,29H,10-13,16-17H2,1H3,(H,30,32). The monoisotopic (exact) mass is 525 g/mol. The molecule has 3 aromatic rings. The molecule has 3 aromatic carbocycles. The van der Waals surface area contributed by atoms with Gasteiger partial charge in [-0.2, -0.15) is 8.42 Å². The smallest absolute Gasteiger partial charge is 0.449 e. The first-order valence-corrected chi connectivity index (χ1v) is 13.4. The number of alkyl carbamates (subject to hydrolysis) is 1. The fraction of sp³-hybridized carbons (Fsp3) is 0.296. The van der Waals surface area contributed by atoms with Crippen LogP contribution in [0.3, 0.4) is 0 Å². The van der Waals surface area contributed by atoms with E-state index in [1.165, 1.54) is 6.07 Å². The lowest BCUT2D eigenvalue weighted by Gasteiger charge is -2.31. The second kappa shape index (κ2) is 10.4. The van der Waals surface area contributed by atoms with Crippen LogP contribution >= 0.6 is 0 Å². The lowest BCUT2D eigenvalue weighted by atomic mass is 9.98. The molecule has 2 aliphatic rings. The van der Waals surface area contributed by atoms with E-state index < -0.39 is 16.6 Å². The van der Waals surface area contributed by atoms with Crippen LogP contribution in [0.15, 0.2) is 60.7 Å². The van der Waals surface area contributed by atoms with Crippen molar-refractivity contribution in [2.45, 2.75) is 19.4 Å². The van der Waals surface area contributed by atoms with Crippen LogP contribution in [0.25, 0.3) is 11.1 Å². The van der Waals surface area contributed by atoms with Gasteiger partial charge >= 0.3 is 16.6 Å². The Morgan fingerprint density at radius 3 is 2.30 bits per heavy atom. The van der Waals surface area contributed by atoms with Gasteiger partial charge in [0.05, 0.1) is 0 Å². The van der Waals surface area contributed by atoms with E-state index in [4.69, 9.17) is 4.74 Å². The molecular weight excluding hydrogens is 497 g/mol. The van der Waals surface area contributed by atoms with Crippen LogP contribution in [0.5, 0.6) is 5.75 Å². The van der Waals surface area contributed by atoms with Crippen LogP contribution in [0, 0.1) is 6.92 Å². The second-order valence-electron chi connectivity index (χ2n) is 9.13. The van der Waals surface area contributed by atoms with E-state index in [2.05, 4.69) is 31.8 Å². The highest BCUT2D eigenvalue weighted by Gasteiger charge is 2.29. The van der Waals surface area contributed by atoms with Gasteiger partial charge in [0.15, 0.2) is 5.75 Å². The molecule has 1 heterocycles. The van der Waals surface area contributed by atoms with Crippen molar-refractivity contribution in [2.24, 2.45) is 0 Å². The number of carbonyl (C=O) groups excluding carboxylic acids is 1. The van der Waals surface area contributed by atoms with Crippen molar-refractivity contribution in [3.63, 3.8) is 0 Å². The van der Waals surface area contributed by atoms with E-state index >= 15 is 0 Å². The first kappa shape index (κ1) is 25.0. The number of benzene rings is 3. The van der Waals surface area contributed by atoms with Gasteiger partial charge < -0.3 is 24.5 Å². The third-order valence-corrected chi connectivity index (χ3v) is 7.20. The van der Waals surface area contributed by atoms with Crippen molar-refractivity contribution < 1.29 is 26.0 Å². The van der Waals surface area contributed by atoms with Crippen molar-refractivity contribution in [1.82, 2.24) is 10.6 Å². The van der Waals surface area contributed by atoms with Crippen molar-refractivity contribution in [3.05, 3.63) is 82.9 Å². The highest BCUT2D eigenvalue weighted by molar-refractivity contribution is 7.81. The molecule has 1 aliphatic carbocycles. The zero-order chi connectivity index (χ0) is 26.0. The van der Waals surface area contributed by atoms with Gasteiger partial charge in [-0.3, -0.25) is 0 Å². The second-order valence-corrected chi connectivity index (χ2v) is 10.1. The Morgan fingerprint density at radius 2 is 1.68 bits per heavy atom. The number of rotatable bonds is 7. The molecule has 0 saturated carbocycles. The first-order valence-electron chi connectivity index (χ1n) is 12.1. The van der Waals surface area contributed by atoms with Crippen molar-refractivity contribution in [1.29, 1.82) is 0 Å². The highest BCUT2D eigenvalue weighted by atomic mass is 32.3. The van der Waals surface area contributed by atoms with Crippen molar-refractivity contribution in [2.75, 3.05) is 37.7 Å². The zero-order valence-electron chi connectivity index (χ0n) is 20.4. The number of carbonyl (C=O) groups is 1. The van der Waals surface area contributed by atoms with E-state index in [0.29, 0.717) is 24.2 Å². The summed E-state index contributed by atoms with van der Waals surface area (Å²) in [5.74, 6) is -0.172. The Morgan fingerprint density at radius 1 is 1.05 bits per heavy atom. The van der Waals surface area contributed by atoms with E-state index in [1.54, 1.807) is 6.92 Å². The molecular formula is C27H28FN3O5S. The summed E-state index contributed by atoms with van der Waals surface area (Å²) in [6.07, 6.45) is -0.605. The van der Waals surface area contributed by atoms with Crippen LogP contribution in [-0.2, 0) is 21.8 Å². The van der Waals surface area contributed by atoms with Gasteiger partial charge in [0.1, 0.15) is 6.61 Å². The summed E-state index contributed by atoms with van der Waals surface area (Å²) in [6.45, 7) is 4.84. The molecule has 2 N–H and O–H groups in total. The van der Waals surface area contributed by atoms with Crippen LogP contribution < -0.4 is 19.7 Å². The summed E-state index contributed by atoms with van der Waals surface area (Å²) >= 11 is 0. The Labute approximate surface area is 215 Å². The maximum absolute atomic E-state index is 13.4. The van der Waals surface area contributed by atoms with Gasteiger partial charge in [-0.05, 0) is 46.9 Å². The molecule has 1 amide bonds. The molecule has 0 atom stereocenters. The lowest BCUT2D eigenvalue weighted by Crippen LogP contribution is -2.43. The number of piperazine rings is 1. The third-order valence-electron chi connectivity index (χ3n) is 6.82. The molecule has 0 spiro atoms. The van der Waals surface area contributed by atoms with Crippen LogP contribution in [-0.4, -0.2) is 47.3 Å². The average Bonchev–Trinajstić information content (AvgIpc) is 3.21. The largest absolute Gasteiger partial charge is 0.488 e. The summed E-state index contributed by atoms with van der Waals surface area (Å²) in [5, 5.41) is 5.98. The molecule has 0 bridgehead atoms. The average molecular weight is 526 g/mol. The Hall–Kier alpha value is -3.63. The molecule has 0 aromatic heterocycles. The Balaban J connectivity index is 1.29. The number of anilines is 1. The number of amides is 1. The SMILES string of the molecule is Cc1c(OS(=O)(=O)F)cc(CNC(=O)OCC2c3ccccc3-c3ccccc32)cc1N1CCNCC1. The van der Waals surface area contributed by atoms with Gasteiger partial charge in [0.25, 0.3) is 0 Å². The molecule has 10 heteroatoms. The molecule has 1 aliphatic heterocycles. The minimum absolute atomic E-state index is 0.0543. The van der Waals surface area contributed by atoms with E-state index in [0.717, 1.165) is 41.0 Å². The molecule has 5 rings (SSSR count). The van der Waals surface area contributed by atoms with Crippen LogP contribution in [0.4, 0.5) is 14.4 Å². The Kier molecular flexibility index (Phi) is 7.03. The third kappa shape index (κ3) is 5.55. The first-order chi connectivity index (χ1) is 17.8. The van der Waals surface area contributed by atoms with E-state index in [1.807, 2.05) is 42.5 Å². The highest BCUT2D eigenvalue weighted by Crippen LogP contribution is 2.44. The molecule has 37 heavy (non-hydrogen) atoms. The van der Waals surface area contributed by atoms with Gasteiger partial charge in [-0.25, -0.2) is 4.79 Å². The van der Waals surface area contributed by atoms with Crippen LogP contribution in [0.2, 0.25) is 0 Å². The summed E-state index contributed by atoms with van der Waals surface area (Å²) < 4.78 is 46.0. The van der Waals surface area contributed by atoms with Gasteiger partial charge in [0, 0.05) is 49.9 Å². The molecule has 194 valence electrons. The predicted molar refractivity (Wildman–Crippen MR) is 139 cm³/mol. The van der Waals surface area contributed by atoms with E-state index in [-0.39, 0.29) is 24.8 Å². The number of fused-ring (bicyclic) bond motifs is 3. The summed E-state index contributed by atoms with van der Waals surface area (Å²) in [4.78, 5) is 14.7. The van der Waals surface area contributed by atoms with Crippen molar-refractivity contribution >= 4 is 22.3 Å². The van der Waals surface area contributed by atoms with E-state index in [9.17, 15) is 17.1 Å². The topological polar surface area (TPSA) is 97.0 Å². The van der Waals surface area contributed by atoms with Gasteiger partial charge in [-0.15, -0.1) is 0 Å². The maximum atomic E-state index is 13.4. The van der Waals surface area contributed by atoms with Gasteiger partial charge in [-0.1, -0.05) is 52.4 Å². The number of nitrogens with one attached hydrogen (secondary N) is 2. The minimum Gasteiger partial charge on any atom is -0.449 e. The predicted octanol–water partition coefficient (Wildman–Crippen LogP) is 4.04. The summed E-state index contributed by atoms with van der Waals surface area (Å²) in [5.41, 5.74) is 6.31. The Bertz CT molecular complexity index is 1380. The minimum atomic E-state index is -5.21. The fourth-order valence-corrected chi connectivity index (χ4v) is 5.47. The maximum Gasteiger partial charge on any atom is 0.488 e. The fourth-order valence-electron chi connectivity index (χ4n) is 5.08.